The van der Waals surface area contributed by atoms with Gasteiger partial charge in [0, 0.05) is 24.4 Å². The van der Waals surface area contributed by atoms with Crippen molar-refractivity contribution in [1.29, 1.82) is 0 Å². The van der Waals surface area contributed by atoms with Crippen molar-refractivity contribution in [2.24, 2.45) is 10.9 Å². The molecule has 0 bridgehead atoms. The van der Waals surface area contributed by atoms with Gasteiger partial charge in [0.2, 0.25) is 0 Å². The summed E-state index contributed by atoms with van der Waals surface area (Å²) in [4.78, 5) is 30.3. The minimum atomic E-state index is -0.876. The normalized spacial score (nSPS) is 19.7. The number of aliphatic imine (C=N–C) groups is 1. The molecule has 0 N–H and O–H groups in total. The molecule has 158 valence electrons. The molecule has 1 aromatic rings. The summed E-state index contributed by atoms with van der Waals surface area (Å²) in [7, 11) is 2.81. The SMILES string of the molecule is COCC(C)(C)OC(=O)C1=C(C)N=C(C)C(C(=O)OC)C1c1cccc(Cl)c1Cl. The van der Waals surface area contributed by atoms with Gasteiger partial charge in [0.1, 0.15) is 11.5 Å². The van der Waals surface area contributed by atoms with Gasteiger partial charge in [0.05, 0.1) is 29.3 Å². The predicted molar refractivity (Wildman–Crippen MR) is 113 cm³/mol. The first-order chi connectivity index (χ1) is 13.5. The Hall–Kier alpha value is -1.89. The molecule has 0 saturated carbocycles. The van der Waals surface area contributed by atoms with Crippen molar-refractivity contribution in [2.75, 3.05) is 20.8 Å². The van der Waals surface area contributed by atoms with E-state index in [1.807, 2.05) is 0 Å². The largest absolute Gasteiger partial charge is 0.468 e. The van der Waals surface area contributed by atoms with Crippen molar-refractivity contribution in [1.82, 2.24) is 0 Å². The number of carbonyl (C=O) groups excluding carboxylic acids is 2. The Kier molecular flexibility index (Phi) is 7.49. The van der Waals surface area contributed by atoms with Gasteiger partial charge in [0.25, 0.3) is 0 Å². The van der Waals surface area contributed by atoms with E-state index in [4.69, 9.17) is 37.4 Å². The second kappa shape index (κ2) is 9.28. The van der Waals surface area contributed by atoms with Crippen molar-refractivity contribution in [3.8, 4) is 0 Å². The molecule has 0 saturated heterocycles. The minimum Gasteiger partial charge on any atom is -0.468 e. The molecule has 2 unspecified atom stereocenters. The molecule has 0 amide bonds. The van der Waals surface area contributed by atoms with Crippen LogP contribution in [-0.2, 0) is 23.8 Å². The van der Waals surface area contributed by atoms with Crippen molar-refractivity contribution in [3.63, 3.8) is 0 Å². The lowest BCUT2D eigenvalue weighted by molar-refractivity contribution is -0.156. The summed E-state index contributed by atoms with van der Waals surface area (Å²) in [6, 6.07) is 5.08. The molecular formula is C21H25Cl2NO5. The lowest BCUT2D eigenvalue weighted by Gasteiger charge is -2.33. The number of rotatable bonds is 6. The van der Waals surface area contributed by atoms with E-state index in [0.717, 1.165) is 0 Å². The summed E-state index contributed by atoms with van der Waals surface area (Å²) in [5.41, 5.74) is 0.850. The Morgan fingerprint density at radius 3 is 2.41 bits per heavy atom. The van der Waals surface area contributed by atoms with Crippen LogP contribution in [0.25, 0.3) is 0 Å². The Morgan fingerprint density at radius 2 is 1.83 bits per heavy atom. The number of methoxy groups -OCH3 is 2. The van der Waals surface area contributed by atoms with Gasteiger partial charge in [-0.05, 0) is 39.3 Å². The van der Waals surface area contributed by atoms with Gasteiger partial charge in [-0.1, -0.05) is 35.3 Å². The van der Waals surface area contributed by atoms with Crippen LogP contribution in [0.2, 0.25) is 10.0 Å². The number of ether oxygens (including phenoxy) is 3. The van der Waals surface area contributed by atoms with Gasteiger partial charge >= 0.3 is 11.9 Å². The van der Waals surface area contributed by atoms with E-state index >= 15 is 0 Å². The Morgan fingerprint density at radius 1 is 1.17 bits per heavy atom. The summed E-state index contributed by atoms with van der Waals surface area (Å²) in [5, 5.41) is 0.579. The molecule has 2 rings (SSSR count). The third-order valence-electron chi connectivity index (χ3n) is 4.68. The van der Waals surface area contributed by atoms with Crippen molar-refractivity contribution in [3.05, 3.63) is 45.1 Å². The average Bonchev–Trinajstić information content (AvgIpc) is 2.62. The third kappa shape index (κ3) is 5.00. The lowest BCUT2D eigenvalue weighted by Crippen LogP contribution is -2.39. The molecule has 0 aliphatic carbocycles. The summed E-state index contributed by atoms with van der Waals surface area (Å²) >= 11 is 12.7. The van der Waals surface area contributed by atoms with Crippen LogP contribution in [0.5, 0.6) is 0 Å². The number of allylic oxidation sites excluding steroid dienone is 1. The molecule has 8 heteroatoms. The molecule has 1 aromatic carbocycles. The van der Waals surface area contributed by atoms with Gasteiger partial charge in [0.15, 0.2) is 0 Å². The van der Waals surface area contributed by atoms with Crippen LogP contribution in [0.1, 0.15) is 39.2 Å². The molecule has 0 aromatic heterocycles. The molecule has 2 atom stereocenters. The molecule has 0 radical (unpaired) electrons. The van der Waals surface area contributed by atoms with E-state index in [0.29, 0.717) is 22.0 Å². The molecule has 0 spiro atoms. The summed E-state index contributed by atoms with van der Waals surface area (Å²) < 4.78 is 15.8. The maximum Gasteiger partial charge on any atom is 0.337 e. The fourth-order valence-electron chi connectivity index (χ4n) is 3.51. The monoisotopic (exact) mass is 441 g/mol. The van der Waals surface area contributed by atoms with Crippen molar-refractivity contribution >= 4 is 40.9 Å². The highest BCUT2D eigenvalue weighted by Gasteiger charge is 2.44. The number of hydrogen-bond acceptors (Lipinski definition) is 6. The van der Waals surface area contributed by atoms with Crippen LogP contribution in [0.4, 0.5) is 0 Å². The predicted octanol–water partition coefficient (Wildman–Crippen LogP) is 4.58. The van der Waals surface area contributed by atoms with E-state index in [1.165, 1.54) is 14.2 Å². The molecule has 1 aliphatic heterocycles. The first-order valence-corrected chi connectivity index (χ1v) is 9.79. The first kappa shape index (κ1) is 23.4. The summed E-state index contributed by atoms with van der Waals surface area (Å²) in [6.45, 7) is 7.09. The number of halogens is 2. The zero-order chi connectivity index (χ0) is 21.9. The molecular weight excluding hydrogens is 417 g/mol. The summed E-state index contributed by atoms with van der Waals surface area (Å²) in [5.74, 6) is -2.72. The van der Waals surface area contributed by atoms with Crippen LogP contribution >= 0.6 is 23.2 Å². The van der Waals surface area contributed by atoms with Gasteiger partial charge in [-0.2, -0.15) is 0 Å². The van der Waals surface area contributed by atoms with Crippen LogP contribution in [-0.4, -0.2) is 44.1 Å². The average molecular weight is 442 g/mol. The number of esters is 2. The zero-order valence-corrected chi connectivity index (χ0v) is 18.9. The second-order valence-electron chi connectivity index (χ2n) is 7.46. The Balaban J connectivity index is 2.66. The molecule has 0 fully saturated rings. The van der Waals surface area contributed by atoms with E-state index in [1.54, 1.807) is 45.9 Å². The van der Waals surface area contributed by atoms with Gasteiger partial charge < -0.3 is 14.2 Å². The Labute approximate surface area is 180 Å². The maximum atomic E-state index is 13.2. The number of carbonyl (C=O) groups is 2. The minimum absolute atomic E-state index is 0.205. The van der Waals surface area contributed by atoms with Gasteiger partial charge in [-0.25, -0.2) is 4.79 Å². The smallest absolute Gasteiger partial charge is 0.337 e. The quantitative estimate of drug-likeness (QED) is 0.603. The fourth-order valence-corrected chi connectivity index (χ4v) is 3.94. The highest BCUT2D eigenvalue weighted by atomic mass is 35.5. The lowest BCUT2D eigenvalue weighted by atomic mass is 9.75. The molecule has 1 heterocycles. The number of nitrogens with zero attached hydrogens (tertiary/aromatic N) is 1. The van der Waals surface area contributed by atoms with E-state index in [2.05, 4.69) is 4.99 Å². The third-order valence-corrected chi connectivity index (χ3v) is 5.51. The molecule has 6 nitrogen and oxygen atoms in total. The number of hydrogen-bond donors (Lipinski definition) is 0. The standard InChI is InChI=1S/C21H25Cl2NO5/c1-11-15(19(25)28-6)17(13-8-7-9-14(22)18(13)23)16(12(2)24-11)20(26)29-21(3,4)10-27-5/h7-9,15,17H,10H2,1-6H3. The number of benzene rings is 1. The van der Waals surface area contributed by atoms with Crippen molar-refractivity contribution in [2.45, 2.75) is 39.2 Å². The van der Waals surface area contributed by atoms with E-state index in [9.17, 15) is 9.59 Å². The second-order valence-corrected chi connectivity index (χ2v) is 8.24. The van der Waals surface area contributed by atoms with Gasteiger partial charge in [-0.3, -0.25) is 9.79 Å². The maximum absolute atomic E-state index is 13.2. The Bertz CT molecular complexity index is 876. The van der Waals surface area contributed by atoms with Gasteiger partial charge in [-0.15, -0.1) is 0 Å². The highest BCUT2D eigenvalue weighted by molar-refractivity contribution is 6.42. The van der Waals surface area contributed by atoms with E-state index in [-0.39, 0.29) is 17.2 Å². The van der Waals surface area contributed by atoms with Crippen LogP contribution in [0.3, 0.4) is 0 Å². The highest BCUT2D eigenvalue weighted by Crippen LogP contribution is 2.44. The van der Waals surface area contributed by atoms with E-state index < -0.39 is 29.4 Å². The topological polar surface area (TPSA) is 74.2 Å². The molecule has 29 heavy (non-hydrogen) atoms. The van der Waals surface area contributed by atoms with Crippen molar-refractivity contribution < 1.29 is 23.8 Å². The zero-order valence-electron chi connectivity index (χ0n) is 17.3. The van der Waals surface area contributed by atoms with Crippen LogP contribution in [0.15, 0.2) is 34.5 Å². The fraction of sp³-hybridized carbons (Fsp3) is 0.476. The van der Waals surface area contributed by atoms with Crippen LogP contribution in [0, 0.1) is 5.92 Å². The molecule has 1 aliphatic rings. The van der Waals surface area contributed by atoms with Crippen LogP contribution < -0.4 is 0 Å². The summed E-state index contributed by atoms with van der Waals surface area (Å²) in [6.07, 6.45) is 0. The first-order valence-electron chi connectivity index (χ1n) is 9.04.